The number of fused-ring (bicyclic) bond motifs is 1. The number of benzene rings is 2. The van der Waals surface area contributed by atoms with E-state index in [1.165, 1.54) is 16.9 Å². The summed E-state index contributed by atoms with van der Waals surface area (Å²) < 4.78 is 7.37. The highest BCUT2D eigenvalue weighted by atomic mass is 32.1. The smallest absolute Gasteiger partial charge is 0.262 e. The first kappa shape index (κ1) is 20.4. The van der Waals surface area contributed by atoms with Crippen molar-refractivity contribution in [2.24, 2.45) is 10.1 Å². The van der Waals surface area contributed by atoms with Crippen LogP contribution in [0.25, 0.3) is 11.3 Å². The number of ether oxygens (including phenoxy) is 1. The molecule has 0 fully saturated rings. The first-order valence-electron chi connectivity index (χ1n) is 10.1. The SMILES string of the molecule is CC(=Nn1c(-c2ccc3c(c2)NC(=O)CO3)csc1=Nc1ccc(C)cc1)c1cccs1. The van der Waals surface area contributed by atoms with Crippen LogP contribution in [-0.2, 0) is 4.79 Å². The van der Waals surface area contributed by atoms with Crippen LogP contribution in [0.1, 0.15) is 17.4 Å². The lowest BCUT2D eigenvalue weighted by Crippen LogP contribution is -2.25. The van der Waals surface area contributed by atoms with Crippen molar-refractivity contribution in [3.63, 3.8) is 0 Å². The van der Waals surface area contributed by atoms with Crippen molar-refractivity contribution in [1.29, 1.82) is 0 Å². The number of anilines is 1. The minimum atomic E-state index is -0.158. The van der Waals surface area contributed by atoms with E-state index >= 15 is 0 Å². The van der Waals surface area contributed by atoms with Crippen molar-refractivity contribution < 1.29 is 9.53 Å². The number of rotatable bonds is 4. The second-order valence-corrected chi connectivity index (χ2v) is 9.16. The molecule has 1 aliphatic rings. The molecule has 2 aromatic heterocycles. The Labute approximate surface area is 193 Å². The highest BCUT2D eigenvalue weighted by Gasteiger charge is 2.18. The fourth-order valence-electron chi connectivity index (χ4n) is 3.33. The lowest BCUT2D eigenvalue weighted by molar-refractivity contribution is -0.118. The molecule has 0 atom stereocenters. The number of hydrogen-bond donors (Lipinski definition) is 1. The largest absolute Gasteiger partial charge is 0.482 e. The topological polar surface area (TPSA) is 68.0 Å². The molecule has 0 saturated carbocycles. The van der Waals surface area contributed by atoms with Gasteiger partial charge in [0.1, 0.15) is 5.75 Å². The zero-order valence-corrected chi connectivity index (χ0v) is 19.2. The van der Waals surface area contributed by atoms with Crippen LogP contribution in [-0.4, -0.2) is 22.9 Å². The molecule has 0 saturated heterocycles. The zero-order valence-electron chi connectivity index (χ0n) is 17.5. The molecule has 0 radical (unpaired) electrons. The molecule has 1 aliphatic heterocycles. The molecule has 32 heavy (non-hydrogen) atoms. The first-order chi connectivity index (χ1) is 15.6. The van der Waals surface area contributed by atoms with Crippen LogP contribution < -0.4 is 14.9 Å². The molecule has 2 aromatic carbocycles. The molecule has 1 amide bonds. The van der Waals surface area contributed by atoms with Crippen molar-refractivity contribution in [3.8, 4) is 17.0 Å². The maximum Gasteiger partial charge on any atom is 0.262 e. The molecule has 0 aliphatic carbocycles. The van der Waals surface area contributed by atoms with Gasteiger partial charge in [0.05, 0.1) is 27.7 Å². The average molecular weight is 461 g/mol. The first-order valence-corrected chi connectivity index (χ1v) is 11.8. The summed E-state index contributed by atoms with van der Waals surface area (Å²) in [5.74, 6) is 0.507. The summed E-state index contributed by atoms with van der Waals surface area (Å²) >= 11 is 3.17. The summed E-state index contributed by atoms with van der Waals surface area (Å²) in [5.41, 5.74) is 5.42. The van der Waals surface area contributed by atoms with Gasteiger partial charge in [-0.25, -0.2) is 9.67 Å². The Morgan fingerprint density at radius 2 is 1.97 bits per heavy atom. The summed E-state index contributed by atoms with van der Waals surface area (Å²) in [5, 5.41) is 11.9. The molecule has 4 aromatic rings. The Bertz CT molecular complexity index is 1380. The number of carbonyl (C=O) groups excluding carboxylic acids is 1. The number of nitrogens with zero attached hydrogens (tertiary/aromatic N) is 3. The summed E-state index contributed by atoms with van der Waals surface area (Å²) in [6.45, 7) is 4.09. The molecule has 1 N–H and O–H groups in total. The van der Waals surface area contributed by atoms with Crippen molar-refractivity contribution in [1.82, 2.24) is 4.68 Å². The number of carbonyl (C=O) groups is 1. The van der Waals surface area contributed by atoms with Crippen molar-refractivity contribution in [2.75, 3.05) is 11.9 Å². The van der Waals surface area contributed by atoms with E-state index in [9.17, 15) is 4.79 Å². The molecule has 8 heteroatoms. The Kier molecular flexibility index (Phi) is 5.46. The predicted molar refractivity (Wildman–Crippen MR) is 130 cm³/mol. The number of aromatic nitrogens is 1. The molecule has 6 nitrogen and oxygen atoms in total. The summed E-state index contributed by atoms with van der Waals surface area (Å²) in [6, 6.07) is 17.9. The molecule has 5 rings (SSSR count). The van der Waals surface area contributed by atoms with Gasteiger partial charge >= 0.3 is 0 Å². The lowest BCUT2D eigenvalue weighted by atomic mass is 10.1. The van der Waals surface area contributed by atoms with Gasteiger partial charge in [0.2, 0.25) is 4.80 Å². The number of nitrogens with one attached hydrogen (secondary N) is 1. The third-order valence-electron chi connectivity index (χ3n) is 4.98. The maximum absolute atomic E-state index is 11.8. The number of hydrogen-bond acceptors (Lipinski definition) is 6. The summed E-state index contributed by atoms with van der Waals surface area (Å²) in [6.07, 6.45) is 0. The average Bonchev–Trinajstić information content (AvgIpc) is 3.46. The van der Waals surface area contributed by atoms with Crippen LogP contribution in [0.2, 0.25) is 0 Å². The van der Waals surface area contributed by atoms with E-state index in [-0.39, 0.29) is 12.5 Å². The normalized spacial score (nSPS) is 14.1. The Morgan fingerprint density at radius 3 is 2.75 bits per heavy atom. The molecule has 0 unspecified atom stereocenters. The van der Waals surface area contributed by atoms with Crippen LogP contribution in [0.3, 0.4) is 0 Å². The minimum absolute atomic E-state index is 0.0364. The van der Waals surface area contributed by atoms with Gasteiger partial charge in [0.25, 0.3) is 5.91 Å². The van der Waals surface area contributed by atoms with Crippen molar-refractivity contribution in [2.45, 2.75) is 13.8 Å². The number of aryl methyl sites for hydroxylation is 1. The third kappa shape index (κ3) is 4.15. The molecular weight excluding hydrogens is 440 g/mol. The quantitative estimate of drug-likeness (QED) is 0.413. The monoisotopic (exact) mass is 460 g/mol. The van der Waals surface area contributed by atoms with Gasteiger partial charge in [-0.1, -0.05) is 23.8 Å². The lowest BCUT2D eigenvalue weighted by Gasteiger charge is -2.18. The van der Waals surface area contributed by atoms with Gasteiger partial charge in [-0.05, 0) is 55.6 Å². The molecule has 0 spiro atoms. The number of thiophene rings is 1. The van der Waals surface area contributed by atoms with Gasteiger partial charge in [-0.3, -0.25) is 4.79 Å². The van der Waals surface area contributed by atoms with Crippen molar-refractivity contribution >= 4 is 45.7 Å². The standard InChI is InChI=1S/C24H20N4O2S2/c1-15-5-8-18(9-6-15)25-24-28(27-16(2)22-4-3-11-31-22)20(14-32-24)17-7-10-21-19(12-17)26-23(29)13-30-21/h3-12,14H,13H2,1-2H3,(H,26,29). The number of amides is 1. The van der Waals surface area contributed by atoms with Crippen LogP contribution >= 0.6 is 22.7 Å². The van der Waals surface area contributed by atoms with E-state index in [0.717, 1.165) is 32.3 Å². The van der Waals surface area contributed by atoms with E-state index in [2.05, 4.69) is 18.3 Å². The van der Waals surface area contributed by atoms with Gasteiger partial charge in [-0.15, -0.1) is 22.7 Å². The third-order valence-corrected chi connectivity index (χ3v) is 6.77. The van der Waals surface area contributed by atoms with E-state index in [1.54, 1.807) is 11.3 Å². The Morgan fingerprint density at radius 1 is 1.12 bits per heavy atom. The summed E-state index contributed by atoms with van der Waals surface area (Å²) in [7, 11) is 0. The van der Waals surface area contributed by atoms with Crippen LogP contribution in [0.15, 0.2) is 75.5 Å². The minimum Gasteiger partial charge on any atom is -0.482 e. The Balaban J connectivity index is 1.66. The van der Waals surface area contributed by atoms with Gasteiger partial charge in [0, 0.05) is 10.9 Å². The fraction of sp³-hybridized carbons (Fsp3) is 0.125. The molecular formula is C24H20N4O2S2. The van der Waals surface area contributed by atoms with Gasteiger partial charge in [-0.2, -0.15) is 5.10 Å². The summed E-state index contributed by atoms with van der Waals surface area (Å²) in [4.78, 5) is 18.5. The fourth-order valence-corrected chi connectivity index (χ4v) is 4.85. The second-order valence-electron chi connectivity index (χ2n) is 7.37. The van der Waals surface area contributed by atoms with E-state index < -0.39 is 0 Å². The second kappa shape index (κ2) is 8.57. The van der Waals surface area contributed by atoms with E-state index in [4.69, 9.17) is 14.8 Å². The van der Waals surface area contributed by atoms with E-state index in [0.29, 0.717) is 11.4 Å². The van der Waals surface area contributed by atoms with Crippen LogP contribution in [0, 0.1) is 6.92 Å². The highest BCUT2D eigenvalue weighted by molar-refractivity contribution is 7.12. The number of thiazole rings is 1. The van der Waals surface area contributed by atoms with E-state index in [1.807, 2.05) is 70.9 Å². The van der Waals surface area contributed by atoms with Crippen LogP contribution in [0.4, 0.5) is 11.4 Å². The highest BCUT2D eigenvalue weighted by Crippen LogP contribution is 2.33. The maximum atomic E-state index is 11.8. The van der Waals surface area contributed by atoms with Crippen LogP contribution in [0.5, 0.6) is 5.75 Å². The van der Waals surface area contributed by atoms with Crippen molar-refractivity contribution in [3.05, 3.63) is 80.6 Å². The molecule has 0 bridgehead atoms. The molecule has 3 heterocycles. The van der Waals surface area contributed by atoms with Gasteiger partial charge < -0.3 is 10.1 Å². The van der Waals surface area contributed by atoms with Gasteiger partial charge in [0.15, 0.2) is 6.61 Å². The Hall–Kier alpha value is -3.49. The predicted octanol–water partition coefficient (Wildman–Crippen LogP) is 5.42. The molecule has 160 valence electrons. The zero-order chi connectivity index (χ0) is 22.1.